The fraction of sp³-hybridized carbons (Fsp3) is 1.00. The molecule has 0 spiro atoms. The van der Waals surface area contributed by atoms with E-state index in [-0.39, 0.29) is 19.8 Å². The molecule has 8 heavy (non-hydrogen) atoms. The molecule has 1 fully saturated rings. The van der Waals surface area contributed by atoms with E-state index in [2.05, 4.69) is 18.8 Å². The van der Waals surface area contributed by atoms with Gasteiger partial charge in [-0.1, -0.05) is 0 Å². The molecule has 0 nitrogen and oxygen atoms in total. The molecular formula is C4H8S3Sn. The predicted molar refractivity (Wildman–Crippen MR) is 47.4 cm³/mol. The van der Waals surface area contributed by atoms with E-state index in [1.165, 1.54) is 18.6 Å². The minimum absolute atomic E-state index is 0.0755. The van der Waals surface area contributed by atoms with Crippen LogP contribution in [0.25, 0.3) is 0 Å². The Bertz CT molecular complexity index is 35.2. The molecule has 0 saturated carbocycles. The summed E-state index contributed by atoms with van der Waals surface area (Å²) in [5.74, 6) is 1.39. The molecule has 0 amide bonds. The first-order valence-electron chi connectivity index (χ1n) is 2.68. The van der Waals surface area contributed by atoms with E-state index in [1.807, 2.05) is 9.83 Å². The average molecular weight is 271 g/mol. The first kappa shape index (κ1) is 7.95. The zero-order chi connectivity index (χ0) is 5.66. The second kappa shape index (κ2) is 5.62. The fourth-order valence-corrected chi connectivity index (χ4v) is 15.3. The van der Waals surface area contributed by atoms with Crippen molar-refractivity contribution in [2.45, 2.75) is 17.3 Å². The van der Waals surface area contributed by atoms with E-state index in [0.717, 1.165) is 0 Å². The summed E-state index contributed by atoms with van der Waals surface area (Å²) in [6, 6.07) is 0. The molecule has 0 atom stereocenters. The molecule has 4 heteroatoms. The Morgan fingerprint density at radius 1 is 1.25 bits per heavy atom. The van der Waals surface area contributed by atoms with Gasteiger partial charge in [-0.05, 0) is 0 Å². The second-order valence-electron chi connectivity index (χ2n) is 1.57. The third-order valence-electron chi connectivity index (χ3n) is 0.898. The molecule has 0 aliphatic carbocycles. The quantitative estimate of drug-likeness (QED) is 0.491. The number of hydrogen-bond donors (Lipinski definition) is 0. The van der Waals surface area contributed by atoms with Gasteiger partial charge in [-0.25, -0.2) is 0 Å². The van der Waals surface area contributed by atoms with Crippen LogP contribution in [-0.4, -0.2) is 25.5 Å². The Morgan fingerprint density at radius 3 is 3.25 bits per heavy atom. The summed E-state index contributed by atoms with van der Waals surface area (Å²) in [4.78, 5) is 0. The molecule has 1 aliphatic rings. The fourth-order valence-electron chi connectivity index (χ4n) is 0.482. The molecule has 46 valence electrons. The van der Waals surface area contributed by atoms with Gasteiger partial charge in [0.1, 0.15) is 0 Å². The Balaban J connectivity index is 2.00. The van der Waals surface area contributed by atoms with Gasteiger partial charge in [0.2, 0.25) is 0 Å². The van der Waals surface area contributed by atoms with Crippen LogP contribution in [0.4, 0.5) is 0 Å². The van der Waals surface area contributed by atoms with Crippen molar-refractivity contribution >= 4 is 48.4 Å². The van der Waals surface area contributed by atoms with Crippen molar-refractivity contribution in [2.24, 2.45) is 0 Å². The maximum atomic E-state index is 2.18. The SMILES string of the molecule is C1C[CH2][Sn][S]SSC1. The molecule has 0 aromatic rings. The van der Waals surface area contributed by atoms with Gasteiger partial charge < -0.3 is 0 Å². The molecule has 1 rings (SSSR count). The first-order chi connectivity index (χ1) is 4.00. The van der Waals surface area contributed by atoms with Crippen molar-refractivity contribution < 1.29 is 0 Å². The predicted octanol–water partition coefficient (Wildman–Crippen LogP) is 2.85. The molecule has 0 aromatic carbocycles. The summed E-state index contributed by atoms with van der Waals surface area (Å²) in [6.07, 6.45) is 2.99. The standard InChI is InChI=1S/C4H9S3.Sn/c1-2-3-4-6-7-5;/h5H,1-4H2;/q;+1/p-1. The normalized spacial score (nSPS) is 24.0. The van der Waals surface area contributed by atoms with Gasteiger partial charge in [0.25, 0.3) is 0 Å². The van der Waals surface area contributed by atoms with Crippen molar-refractivity contribution in [3.05, 3.63) is 0 Å². The van der Waals surface area contributed by atoms with Crippen molar-refractivity contribution in [2.75, 3.05) is 5.75 Å². The third-order valence-corrected chi connectivity index (χ3v) is 15.7. The summed E-state index contributed by atoms with van der Waals surface area (Å²) in [7, 11) is 6.27. The molecule has 0 aromatic heterocycles. The molecule has 1 aliphatic heterocycles. The summed E-state index contributed by atoms with van der Waals surface area (Å²) < 4.78 is 1.60. The van der Waals surface area contributed by atoms with Crippen molar-refractivity contribution in [1.29, 1.82) is 0 Å². The van der Waals surface area contributed by atoms with Crippen LogP contribution in [0.3, 0.4) is 0 Å². The second-order valence-corrected chi connectivity index (χ2v) is 13.8. The van der Waals surface area contributed by atoms with E-state index in [0.29, 0.717) is 0 Å². The Morgan fingerprint density at radius 2 is 2.25 bits per heavy atom. The van der Waals surface area contributed by atoms with Gasteiger partial charge in [-0.15, -0.1) is 0 Å². The molecule has 1 heterocycles. The monoisotopic (exact) mass is 272 g/mol. The van der Waals surface area contributed by atoms with Crippen LogP contribution in [-0.2, 0) is 0 Å². The molecule has 0 N–H and O–H groups in total. The first-order valence-corrected chi connectivity index (χ1v) is 11.8. The molecular weight excluding hydrogens is 263 g/mol. The number of rotatable bonds is 0. The van der Waals surface area contributed by atoms with E-state index in [9.17, 15) is 0 Å². The van der Waals surface area contributed by atoms with Gasteiger partial charge in [-0.2, -0.15) is 0 Å². The van der Waals surface area contributed by atoms with Crippen LogP contribution in [0.5, 0.6) is 0 Å². The van der Waals surface area contributed by atoms with Crippen molar-refractivity contribution in [3.63, 3.8) is 0 Å². The summed E-state index contributed by atoms with van der Waals surface area (Å²) in [6.45, 7) is 0. The zero-order valence-corrected chi connectivity index (χ0v) is 9.86. The van der Waals surface area contributed by atoms with Crippen LogP contribution in [0, 0.1) is 0 Å². The van der Waals surface area contributed by atoms with E-state index in [4.69, 9.17) is 0 Å². The van der Waals surface area contributed by atoms with Crippen molar-refractivity contribution in [3.8, 4) is 0 Å². The van der Waals surface area contributed by atoms with Crippen LogP contribution in [0.15, 0.2) is 0 Å². The van der Waals surface area contributed by atoms with Crippen LogP contribution in [0.2, 0.25) is 4.44 Å². The van der Waals surface area contributed by atoms with E-state index in [1.54, 1.807) is 4.44 Å². The maximum absolute atomic E-state index is 2.18. The van der Waals surface area contributed by atoms with E-state index < -0.39 is 0 Å². The zero-order valence-electron chi connectivity index (χ0n) is 4.55. The summed E-state index contributed by atoms with van der Waals surface area (Å²) in [5, 5.41) is 0. The topological polar surface area (TPSA) is 0 Å². The van der Waals surface area contributed by atoms with Gasteiger partial charge in [-0.3, -0.25) is 0 Å². The molecule has 0 bridgehead atoms. The van der Waals surface area contributed by atoms with Crippen LogP contribution in [0.1, 0.15) is 12.8 Å². The Hall–Kier alpha value is 1.85. The van der Waals surface area contributed by atoms with E-state index >= 15 is 0 Å². The summed E-state index contributed by atoms with van der Waals surface area (Å²) >= 11 is 0.0755. The molecule has 0 unspecified atom stereocenters. The van der Waals surface area contributed by atoms with Gasteiger partial charge in [0, 0.05) is 0 Å². The van der Waals surface area contributed by atoms with Gasteiger partial charge in [0.05, 0.1) is 0 Å². The van der Waals surface area contributed by atoms with Crippen LogP contribution >= 0.6 is 28.6 Å². The molecule has 2 radical (unpaired) electrons. The third kappa shape index (κ3) is 3.80. The Labute approximate surface area is 70.8 Å². The summed E-state index contributed by atoms with van der Waals surface area (Å²) in [5.41, 5.74) is 0. The average Bonchev–Trinajstić information content (AvgIpc) is 1.62. The van der Waals surface area contributed by atoms with Crippen molar-refractivity contribution in [1.82, 2.24) is 0 Å². The number of hydrogen-bond acceptors (Lipinski definition) is 3. The van der Waals surface area contributed by atoms with Gasteiger partial charge in [0.15, 0.2) is 0 Å². The van der Waals surface area contributed by atoms with Crippen LogP contribution < -0.4 is 0 Å². The van der Waals surface area contributed by atoms with Gasteiger partial charge >= 0.3 is 71.4 Å². The minimum atomic E-state index is 0.0755. The molecule has 1 saturated heterocycles. The Kier molecular flexibility index (Phi) is 5.58.